The number of ether oxygens (including phenoxy) is 1. The molecule has 0 aliphatic heterocycles. The number of methoxy groups -OCH3 is 1. The number of halogens is 4. The summed E-state index contributed by atoms with van der Waals surface area (Å²) in [5.74, 6) is -2.38. The first-order valence-electron chi connectivity index (χ1n) is 15.2. The van der Waals surface area contributed by atoms with E-state index in [9.17, 15) is 22.8 Å². The predicted molar refractivity (Wildman–Crippen MR) is 160 cm³/mol. The van der Waals surface area contributed by atoms with E-state index in [1.807, 2.05) is 24.3 Å². The Morgan fingerprint density at radius 2 is 1.56 bits per heavy atom. The van der Waals surface area contributed by atoms with Gasteiger partial charge < -0.3 is 4.74 Å². The van der Waals surface area contributed by atoms with Crippen LogP contribution in [0.1, 0.15) is 74.1 Å². The first-order chi connectivity index (χ1) is 21.6. The molecule has 0 amide bonds. The highest BCUT2D eigenvalue weighted by Crippen LogP contribution is 2.39. The van der Waals surface area contributed by atoms with Crippen molar-refractivity contribution in [2.45, 2.75) is 83.2 Å². The van der Waals surface area contributed by atoms with Crippen molar-refractivity contribution in [3.05, 3.63) is 97.2 Å². The molecule has 0 radical (unpaired) electrons. The van der Waals surface area contributed by atoms with Crippen LogP contribution in [0.3, 0.4) is 0 Å². The number of nitrogens with zero attached hydrogens (tertiary/aromatic N) is 4. The second kappa shape index (κ2) is 14.5. The molecule has 6 rings (SSSR count). The molecule has 2 fully saturated rings. The summed E-state index contributed by atoms with van der Waals surface area (Å²) in [6, 6.07) is 12.1. The van der Waals surface area contributed by atoms with Gasteiger partial charge in [0.2, 0.25) is 5.92 Å². The lowest BCUT2D eigenvalue weighted by Crippen LogP contribution is -2.23. The van der Waals surface area contributed by atoms with Gasteiger partial charge in [-0.3, -0.25) is 18.2 Å². The Kier molecular flexibility index (Phi) is 10.5. The van der Waals surface area contributed by atoms with E-state index in [4.69, 9.17) is 20.9 Å². The zero-order chi connectivity index (χ0) is 32.0. The third-order valence-corrected chi connectivity index (χ3v) is 8.88. The van der Waals surface area contributed by atoms with E-state index < -0.39 is 17.5 Å². The van der Waals surface area contributed by atoms with E-state index in [-0.39, 0.29) is 53.9 Å². The Morgan fingerprint density at radius 1 is 0.911 bits per heavy atom. The second-order valence-electron chi connectivity index (χ2n) is 11.8. The fraction of sp³-hybridized carbons (Fsp3) is 0.500. The zero-order valence-electron chi connectivity index (χ0n) is 25.0. The van der Waals surface area contributed by atoms with E-state index >= 15 is 0 Å². The van der Waals surface area contributed by atoms with Crippen LogP contribution in [-0.4, -0.2) is 32.5 Å². The van der Waals surface area contributed by atoms with Crippen molar-refractivity contribution in [2.75, 3.05) is 7.11 Å². The molecule has 1 unspecified atom stereocenters. The molecular formula is C32H36ClF3N4O5. The van der Waals surface area contributed by atoms with Crippen LogP contribution in [0, 0.1) is 17.7 Å². The fourth-order valence-electron chi connectivity index (χ4n) is 6.11. The third kappa shape index (κ3) is 8.47. The molecule has 0 bridgehead atoms. The van der Waals surface area contributed by atoms with Gasteiger partial charge in [0.15, 0.2) is 11.6 Å². The smallest absolute Gasteiger partial charge is 0.441 e. The molecule has 2 aliphatic rings. The Labute approximate surface area is 262 Å². The van der Waals surface area contributed by atoms with E-state index in [1.54, 1.807) is 11.7 Å². The third-order valence-electron chi connectivity index (χ3n) is 8.53. The van der Waals surface area contributed by atoms with Crippen molar-refractivity contribution in [1.29, 1.82) is 0 Å². The number of hydrogen-bond acceptors (Lipinski definition) is 7. The minimum absolute atomic E-state index is 0.0413. The van der Waals surface area contributed by atoms with E-state index in [0.717, 1.165) is 17.9 Å². The van der Waals surface area contributed by atoms with Crippen LogP contribution < -0.4 is 16.2 Å². The maximum Gasteiger partial charge on any atom is 0.441 e. The summed E-state index contributed by atoms with van der Waals surface area (Å²) in [5, 5.41) is 7.81. The molecule has 45 heavy (non-hydrogen) atoms. The molecule has 13 heteroatoms. The van der Waals surface area contributed by atoms with Crippen molar-refractivity contribution >= 4 is 11.6 Å². The van der Waals surface area contributed by atoms with E-state index in [2.05, 4.69) is 14.8 Å². The predicted octanol–water partition coefficient (Wildman–Crippen LogP) is 6.67. The van der Waals surface area contributed by atoms with Gasteiger partial charge in [-0.2, -0.15) is 0 Å². The first-order valence-corrected chi connectivity index (χ1v) is 15.5. The Bertz CT molecular complexity index is 1670. The minimum atomic E-state index is -2.69. The van der Waals surface area contributed by atoms with Crippen LogP contribution in [0.2, 0.25) is 5.02 Å². The maximum atomic E-state index is 13.9. The summed E-state index contributed by atoms with van der Waals surface area (Å²) in [7, 11) is 1.65. The van der Waals surface area contributed by atoms with Gasteiger partial charge in [-0.1, -0.05) is 59.4 Å². The average molecular weight is 649 g/mol. The van der Waals surface area contributed by atoms with Gasteiger partial charge in [-0.05, 0) is 60.9 Å². The molecule has 2 aromatic carbocycles. The lowest BCUT2D eigenvalue weighted by molar-refractivity contribution is 0.00425. The number of benzene rings is 2. The average Bonchev–Trinajstić information content (AvgIpc) is 3.67. The van der Waals surface area contributed by atoms with Crippen molar-refractivity contribution in [2.24, 2.45) is 11.8 Å². The van der Waals surface area contributed by atoms with Gasteiger partial charge in [0.1, 0.15) is 11.6 Å². The molecule has 2 aliphatic carbocycles. The van der Waals surface area contributed by atoms with Gasteiger partial charge in [0.05, 0.1) is 7.11 Å². The standard InChI is InChI=1S/C17H22N2O3.C15H14ClF3N2O2/c1-21-15-9-5-8-14(10-15)11-16-18-22-17(20)19(16)12-13-6-3-2-4-7-13;16-11-2-1-3-12(17)10(11)6-13-20-23-14(22)21(13)8-9-4-5-15(18,19)7-9/h5,8-10,13H,2-4,6-7,11-12H2,1H3;1-3,9H,4-8H2. The number of hydrogen-bond donors (Lipinski definition) is 0. The van der Waals surface area contributed by atoms with Gasteiger partial charge in [-0.25, -0.2) is 22.8 Å². The van der Waals surface area contributed by atoms with Crippen molar-refractivity contribution < 1.29 is 27.0 Å². The highest BCUT2D eigenvalue weighted by Gasteiger charge is 2.40. The van der Waals surface area contributed by atoms with Crippen molar-refractivity contribution in [3.63, 3.8) is 0 Å². The summed E-state index contributed by atoms with van der Waals surface area (Å²) in [4.78, 5) is 23.7. The zero-order valence-corrected chi connectivity index (χ0v) is 25.8. The molecule has 2 heterocycles. The van der Waals surface area contributed by atoms with Crippen LogP contribution in [0.15, 0.2) is 61.1 Å². The molecule has 0 spiro atoms. The number of aromatic nitrogens is 4. The van der Waals surface area contributed by atoms with Crippen LogP contribution in [0.4, 0.5) is 13.2 Å². The van der Waals surface area contributed by atoms with Crippen LogP contribution >= 0.6 is 11.6 Å². The molecule has 2 saturated carbocycles. The quantitative estimate of drug-likeness (QED) is 0.200. The summed E-state index contributed by atoms with van der Waals surface area (Å²) < 4.78 is 58.1. The lowest BCUT2D eigenvalue weighted by Gasteiger charge is -2.21. The van der Waals surface area contributed by atoms with Crippen molar-refractivity contribution in [1.82, 2.24) is 19.4 Å². The second-order valence-corrected chi connectivity index (χ2v) is 12.2. The highest BCUT2D eigenvalue weighted by atomic mass is 35.5. The molecule has 4 aromatic rings. The number of rotatable bonds is 9. The van der Waals surface area contributed by atoms with Crippen LogP contribution in [0.5, 0.6) is 5.75 Å². The van der Waals surface area contributed by atoms with E-state index in [1.165, 1.54) is 54.9 Å². The largest absolute Gasteiger partial charge is 0.497 e. The first kappa shape index (κ1) is 32.6. The normalized spacial score (nSPS) is 18.0. The lowest BCUT2D eigenvalue weighted by atomic mass is 9.89. The number of alkyl halides is 2. The monoisotopic (exact) mass is 648 g/mol. The molecule has 0 saturated heterocycles. The Hall–Kier alpha value is -3.80. The SMILES string of the molecule is COc1cccc(Cc2noc(=O)n2CC2CCCCC2)c1.O=c1onc(Cc2c(F)cccc2Cl)n1CC1CCC(F)(F)C1. The molecule has 9 nitrogen and oxygen atoms in total. The molecular weight excluding hydrogens is 613 g/mol. The summed E-state index contributed by atoms with van der Waals surface area (Å²) >= 11 is 5.96. The van der Waals surface area contributed by atoms with Gasteiger partial charge in [-0.15, -0.1) is 0 Å². The summed E-state index contributed by atoms with van der Waals surface area (Å²) in [6.07, 6.45) is 6.61. The maximum absolute atomic E-state index is 13.9. The van der Waals surface area contributed by atoms with Crippen molar-refractivity contribution in [3.8, 4) is 5.75 Å². The highest BCUT2D eigenvalue weighted by molar-refractivity contribution is 6.31. The Morgan fingerprint density at radius 3 is 2.18 bits per heavy atom. The molecule has 0 N–H and O–H groups in total. The van der Waals surface area contributed by atoms with Gasteiger partial charge in [0.25, 0.3) is 0 Å². The Balaban J connectivity index is 0.000000178. The van der Waals surface area contributed by atoms with Gasteiger partial charge >= 0.3 is 11.5 Å². The molecule has 242 valence electrons. The summed E-state index contributed by atoms with van der Waals surface area (Å²) in [5.41, 5.74) is 1.25. The van der Waals surface area contributed by atoms with Crippen LogP contribution in [-0.2, 0) is 25.9 Å². The minimum Gasteiger partial charge on any atom is -0.497 e. The van der Waals surface area contributed by atoms with E-state index in [0.29, 0.717) is 24.6 Å². The fourth-order valence-corrected chi connectivity index (χ4v) is 6.34. The molecule has 1 atom stereocenters. The molecule has 2 aromatic heterocycles. The topological polar surface area (TPSA) is 105 Å². The van der Waals surface area contributed by atoms with Gasteiger partial charge in [0, 0.05) is 49.4 Å². The summed E-state index contributed by atoms with van der Waals surface area (Å²) in [6.45, 7) is 0.807. The van der Waals surface area contributed by atoms with Crippen LogP contribution in [0.25, 0.3) is 0 Å².